The summed E-state index contributed by atoms with van der Waals surface area (Å²) in [6.07, 6.45) is 38.5. The minimum Gasteiger partial charge on any atom is -0.394 e. The first-order valence-electron chi connectivity index (χ1n) is 28.5. The molecule has 2 saturated heterocycles. The maximum atomic E-state index is 13.2. The molecule has 418 valence electrons. The van der Waals surface area contributed by atoms with Gasteiger partial charge < -0.3 is 65.1 Å². The molecule has 0 saturated carbocycles. The molecule has 0 spiro atoms. The minimum absolute atomic E-state index is 0.251. The zero-order chi connectivity index (χ0) is 52.4. The van der Waals surface area contributed by atoms with Crippen LogP contribution in [0.25, 0.3) is 0 Å². The second kappa shape index (κ2) is 43.9. The largest absolute Gasteiger partial charge is 0.394 e. The highest BCUT2D eigenvalue weighted by atomic mass is 16.7. The third kappa shape index (κ3) is 29.7. The van der Waals surface area contributed by atoms with Crippen molar-refractivity contribution in [3.8, 4) is 0 Å². The summed E-state index contributed by atoms with van der Waals surface area (Å²) in [6, 6.07) is -0.947. The van der Waals surface area contributed by atoms with Crippen molar-refractivity contribution >= 4 is 5.91 Å². The van der Waals surface area contributed by atoms with E-state index in [4.69, 9.17) is 18.9 Å². The van der Waals surface area contributed by atoms with E-state index in [1.165, 1.54) is 96.3 Å². The number of rotatable bonds is 44. The fourth-order valence-electron chi connectivity index (χ4n) is 9.01. The first kappa shape index (κ1) is 65.8. The molecule has 0 aliphatic carbocycles. The number of hydrogen-bond acceptors (Lipinski definition) is 13. The van der Waals surface area contributed by atoms with Crippen LogP contribution in [0.3, 0.4) is 0 Å². The number of allylic oxidation sites excluding steroid dienone is 9. The number of ether oxygens (including phenoxy) is 4. The van der Waals surface area contributed by atoms with Gasteiger partial charge in [-0.2, -0.15) is 0 Å². The van der Waals surface area contributed by atoms with E-state index in [0.717, 1.165) is 77.0 Å². The lowest BCUT2D eigenvalue weighted by molar-refractivity contribution is -0.359. The van der Waals surface area contributed by atoms with Gasteiger partial charge in [0.05, 0.1) is 32.0 Å². The van der Waals surface area contributed by atoms with Crippen LogP contribution in [0.4, 0.5) is 0 Å². The van der Waals surface area contributed by atoms with Gasteiger partial charge in [-0.05, 0) is 70.6 Å². The standard InChI is InChI=1S/C58H103NO13/c1-3-5-7-9-11-13-15-17-18-19-20-21-22-23-24-25-26-27-28-30-31-33-35-37-39-41-47(62)46(59-50(63)42-40-38-36-34-32-29-16-14-12-10-8-6-4-2)45-69-57-55(68)53(66)56(49(44-61)71-57)72-58-54(67)52(65)51(64)48(43-60)70-58/h8,10,14,16,26-27,31,33,39,41,46-49,51-58,60-62,64-68H,3-7,9,11-13,15,17-25,28-30,32,34-38,40,42-45H2,1-2H3,(H,59,63)/b10-8-,16-14-,27-26+,33-31+,41-39+. The van der Waals surface area contributed by atoms with Crippen molar-refractivity contribution in [3.05, 3.63) is 60.8 Å². The number of carbonyl (C=O) groups is 1. The lowest BCUT2D eigenvalue weighted by Gasteiger charge is -2.46. The molecule has 2 heterocycles. The van der Waals surface area contributed by atoms with Crippen LogP contribution in [0.5, 0.6) is 0 Å². The van der Waals surface area contributed by atoms with E-state index < -0.39 is 86.8 Å². The number of unbranched alkanes of at least 4 members (excludes halogenated alkanes) is 23. The fourth-order valence-corrected chi connectivity index (χ4v) is 9.01. The summed E-state index contributed by atoms with van der Waals surface area (Å²) in [4.78, 5) is 13.2. The van der Waals surface area contributed by atoms with E-state index >= 15 is 0 Å². The molecule has 2 rings (SSSR count). The summed E-state index contributed by atoms with van der Waals surface area (Å²) in [7, 11) is 0. The van der Waals surface area contributed by atoms with Crippen molar-refractivity contribution in [1.82, 2.24) is 5.32 Å². The van der Waals surface area contributed by atoms with Crippen LogP contribution in [-0.2, 0) is 23.7 Å². The van der Waals surface area contributed by atoms with E-state index in [1.54, 1.807) is 6.08 Å². The molecule has 0 aromatic carbocycles. The molecular formula is C58H103NO13. The maximum absolute atomic E-state index is 13.2. The number of hydrogen-bond donors (Lipinski definition) is 9. The second-order valence-corrected chi connectivity index (χ2v) is 20.0. The minimum atomic E-state index is -1.80. The summed E-state index contributed by atoms with van der Waals surface area (Å²) >= 11 is 0. The van der Waals surface area contributed by atoms with Crippen molar-refractivity contribution < 1.29 is 64.6 Å². The summed E-state index contributed by atoms with van der Waals surface area (Å²) in [5.74, 6) is -0.270. The first-order chi connectivity index (χ1) is 35.1. The zero-order valence-corrected chi connectivity index (χ0v) is 44.7. The third-order valence-corrected chi connectivity index (χ3v) is 13.6. The monoisotopic (exact) mass is 1020 g/mol. The predicted octanol–water partition coefficient (Wildman–Crippen LogP) is 9.00. The number of carbonyl (C=O) groups excluding carboxylic acids is 1. The lowest BCUT2D eigenvalue weighted by Crippen LogP contribution is -2.65. The molecule has 1 amide bonds. The molecule has 0 radical (unpaired) electrons. The van der Waals surface area contributed by atoms with Crippen molar-refractivity contribution in [1.29, 1.82) is 0 Å². The summed E-state index contributed by atoms with van der Waals surface area (Å²) in [5.41, 5.74) is 0. The van der Waals surface area contributed by atoms with Crippen LogP contribution in [0.2, 0.25) is 0 Å². The smallest absolute Gasteiger partial charge is 0.220 e. The molecule has 14 heteroatoms. The normalized spacial score (nSPS) is 26.0. The summed E-state index contributed by atoms with van der Waals surface area (Å²) in [6.45, 7) is 2.69. The van der Waals surface area contributed by atoms with E-state index in [9.17, 15) is 45.6 Å². The van der Waals surface area contributed by atoms with Gasteiger partial charge in [0, 0.05) is 6.42 Å². The van der Waals surface area contributed by atoms with Crippen LogP contribution in [0.1, 0.15) is 206 Å². The molecule has 0 aromatic rings. The molecule has 14 nitrogen and oxygen atoms in total. The van der Waals surface area contributed by atoms with E-state index in [0.29, 0.717) is 12.8 Å². The second-order valence-electron chi connectivity index (χ2n) is 20.0. The molecule has 12 atom stereocenters. The Kier molecular flexibility index (Phi) is 40.1. The predicted molar refractivity (Wildman–Crippen MR) is 286 cm³/mol. The Morgan fingerprint density at radius 3 is 1.50 bits per heavy atom. The molecule has 9 N–H and O–H groups in total. The van der Waals surface area contributed by atoms with Gasteiger partial charge in [0.25, 0.3) is 0 Å². The lowest BCUT2D eigenvalue weighted by atomic mass is 9.97. The van der Waals surface area contributed by atoms with Crippen LogP contribution in [0.15, 0.2) is 60.8 Å². The van der Waals surface area contributed by atoms with Crippen LogP contribution < -0.4 is 5.32 Å². The van der Waals surface area contributed by atoms with Gasteiger partial charge in [-0.1, -0.05) is 190 Å². The van der Waals surface area contributed by atoms with Gasteiger partial charge in [-0.15, -0.1) is 0 Å². The Morgan fingerprint density at radius 1 is 0.500 bits per heavy atom. The molecule has 12 unspecified atom stereocenters. The number of nitrogens with one attached hydrogen (secondary N) is 1. The molecule has 72 heavy (non-hydrogen) atoms. The van der Waals surface area contributed by atoms with Crippen LogP contribution >= 0.6 is 0 Å². The molecule has 2 fully saturated rings. The van der Waals surface area contributed by atoms with Gasteiger partial charge in [0.15, 0.2) is 12.6 Å². The quantitative estimate of drug-likeness (QED) is 0.0205. The highest BCUT2D eigenvalue weighted by Gasteiger charge is 2.51. The van der Waals surface area contributed by atoms with Crippen LogP contribution in [0, 0.1) is 0 Å². The van der Waals surface area contributed by atoms with Gasteiger partial charge >= 0.3 is 0 Å². The van der Waals surface area contributed by atoms with Gasteiger partial charge in [-0.3, -0.25) is 4.79 Å². The molecule has 2 aliphatic rings. The average Bonchev–Trinajstić information content (AvgIpc) is 3.38. The topological polar surface area (TPSA) is 228 Å². The van der Waals surface area contributed by atoms with Gasteiger partial charge in [0.1, 0.15) is 48.8 Å². The van der Waals surface area contributed by atoms with Crippen molar-refractivity contribution in [2.24, 2.45) is 0 Å². The Hall–Kier alpha value is -2.31. The number of aliphatic hydroxyl groups excluding tert-OH is 8. The van der Waals surface area contributed by atoms with E-state index in [-0.39, 0.29) is 18.9 Å². The van der Waals surface area contributed by atoms with E-state index in [1.807, 2.05) is 6.08 Å². The Labute approximate surface area is 435 Å². The highest BCUT2D eigenvalue weighted by molar-refractivity contribution is 5.76. The average molecular weight is 1020 g/mol. The molecular weight excluding hydrogens is 919 g/mol. The SMILES string of the molecule is CCC/C=C\C/C=C\CCCCCCCC(=O)NC(COC1OC(CO)C(OC2OC(CO)C(O)C(O)C2O)C(O)C1O)C(O)/C=C/CC/C=C/CC/C=C/CCCCCCCCCCCCCCCCC. The first-order valence-corrected chi connectivity index (χ1v) is 28.5. The summed E-state index contributed by atoms with van der Waals surface area (Å²) in [5, 5.41) is 86.9. The zero-order valence-electron chi connectivity index (χ0n) is 44.7. The van der Waals surface area contributed by atoms with Crippen molar-refractivity contribution in [3.63, 3.8) is 0 Å². The molecule has 2 aliphatic heterocycles. The van der Waals surface area contributed by atoms with Crippen molar-refractivity contribution in [2.45, 2.75) is 280 Å². The number of amides is 1. The fraction of sp³-hybridized carbons (Fsp3) is 0.810. The Bertz CT molecular complexity index is 1440. The highest BCUT2D eigenvalue weighted by Crippen LogP contribution is 2.30. The van der Waals surface area contributed by atoms with Crippen LogP contribution in [-0.4, -0.2) is 140 Å². The Balaban J connectivity index is 1.79. The van der Waals surface area contributed by atoms with Gasteiger partial charge in [-0.25, -0.2) is 0 Å². The maximum Gasteiger partial charge on any atom is 0.220 e. The van der Waals surface area contributed by atoms with Crippen molar-refractivity contribution in [2.75, 3.05) is 19.8 Å². The van der Waals surface area contributed by atoms with E-state index in [2.05, 4.69) is 67.8 Å². The molecule has 0 aromatic heterocycles. The third-order valence-electron chi connectivity index (χ3n) is 13.6. The number of aliphatic hydroxyl groups is 8. The Morgan fingerprint density at radius 2 is 0.958 bits per heavy atom. The molecule has 0 bridgehead atoms. The summed E-state index contributed by atoms with van der Waals surface area (Å²) < 4.78 is 22.7. The van der Waals surface area contributed by atoms with Gasteiger partial charge in [0.2, 0.25) is 5.91 Å².